The maximum atomic E-state index is 8.96. The van der Waals surface area contributed by atoms with Crippen LogP contribution in [-0.4, -0.2) is 28.2 Å². The van der Waals surface area contributed by atoms with Crippen molar-refractivity contribution < 1.29 is 5.11 Å². The van der Waals surface area contributed by atoms with Crippen LogP contribution in [0.3, 0.4) is 0 Å². The zero-order chi connectivity index (χ0) is 19.1. The van der Waals surface area contributed by atoms with Crippen molar-refractivity contribution in [3.63, 3.8) is 0 Å². The lowest BCUT2D eigenvalue weighted by molar-refractivity contribution is 0.278. The Morgan fingerprint density at radius 1 is 0.852 bits per heavy atom. The topological polar surface area (TPSA) is 58.0 Å². The number of hydrogen-bond donors (Lipinski definition) is 2. The van der Waals surface area contributed by atoms with E-state index in [0.717, 1.165) is 47.6 Å². The van der Waals surface area contributed by atoms with E-state index in [9.17, 15) is 0 Å². The highest BCUT2D eigenvalue weighted by Crippen LogP contribution is 2.30. The first-order valence-electron chi connectivity index (χ1n) is 9.46. The molecule has 0 saturated heterocycles. The zero-order valence-electron chi connectivity index (χ0n) is 16.0. The highest BCUT2D eigenvalue weighted by Gasteiger charge is 2.24. The van der Waals surface area contributed by atoms with Crippen LogP contribution in [0, 0.1) is 0 Å². The van der Waals surface area contributed by atoms with Crippen molar-refractivity contribution in [2.75, 3.05) is 13.2 Å². The molecule has 0 atom stereocenters. The second-order valence-electron chi connectivity index (χ2n) is 7.17. The maximum Gasteiger partial charge on any atom is 0.0969 e. The van der Waals surface area contributed by atoms with Crippen LogP contribution in [0.15, 0.2) is 66.9 Å². The molecule has 0 saturated carbocycles. The standard InChI is InChI=1S/C23H27N3O/c1-23(2,25-15-9-10-16-27)20-17-24-21(18-11-5-3-6-12-18)22(26-20)19-13-7-4-8-14-19/h3-8,11-14,17,25,27H,9-10,15-16H2,1-2H3. The first-order chi connectivity index (χ1) is 13.1. The number of benzene rings is 2. The molecule has 3 rings (SSSR count). The molecule has 0 spiro atoms. The number of nitrogens with zero attached hydrogens (tertiary/aromatic N) is 2. The first kappa shape index (κ1) is 19.2. The van der Waals surface area contributed by atoms with E-state index < -0.39 is 0 Å². The van der Waals surface area contributed by atoms with Crippen LogP contribution in [0.1, 0.15) is 32.4 Å². The molecule has 1 aromatic heterocycles. The van der Waals surface area contributed by atoms with E-state index in [1.807, 2.05) is 42.6 Å². The molecular weight excluding hydrogens is 334 g/mol. The Morgan fingerprint density at radius 3 is 2.04 bits per heavy atom. The van der Waals surface area contributed by atoms with Gasteiger partial charge in [-0.2, -0.15) is 0 Å². The van der Waals surface area contributed by atoms with Gasteiger partial charge in [0.1, 0.15) is 0 Å². The predicted octanol–water partition coefficient (Wildman–Crippen LogP) is 4.41. The zero-order valence-corrected chi connectivity index (χ0v) is 16.0. The van der Waals surface area contributed by atoms with E-state index in [0.29, 0.717) is 0 Å². The fourth-order valence-corrected chi connectivity index (χ4v) is 3.02. The molecule has 0 aliphatic heterocycles. The maximum absolute atomic E-state index is 8.96. The van der Waals surface area contributed by atoms with E-state index in [1.165, 1.54) is 0 Å². The van der Waals surface area contributed by atoms with Crippen LogP contribution in [0.2, 0.25) is 0 Å². The molecule has 0 bridgehead atoms. The summed E-state index contributed by atoms with van der Waals surface area (Å²) in [4.78, 5) is 9.81. The minimum atomic E-state index is -0.304. The molecule has 27 heavy (non-hydrogen) atoms. The van der Waals surface area contributed by atoms with Gasteiger partial charge in [-0.1, -0.05) is 60.7 Å². The van der Waals surface area contributed by atoms with Gasteiger partial charge in [0.15, 0.2) is 0 Å². The van der Waals surface area contributed by atoms with Gasteiger partial charge < -0.3 is 10.4 Å². The summed E-state index contributed by atoms with van der Waals surface area (Å²) in [5.74, 6) is 0. The predicted molar refractivity (Wildman–Crippen MR) is 110 cm³/mol. The number of unbranched alkanes of at least 4 members (excludes halogenated alkanes) is 1. The van der Waals surface area contributed by atoms with Gasteiger partial charge in [0, 0.05) is 17.7 Å². The van der Waals surface area contributed by atoms with Gasteiger partial charge >= 0.3 is 0 Å². The van der Waals surface area contributed by atoms with E-state index in [-0.39, 0.29) is 12.1 Å². The molecular formula is C23H27N3O. The number of rotatable bonds is 8. The van der Waals surface area contributed by atoms with Gasteiger partial charge in [-0.3, -0.25) is 4.98 Å². The van der Waals surface area contributed by atoms with Crippen molar-refractivity contribution in [3.8, 4) is 22.5 Å². The fourth-order valence-electron chi connectivity index (χ4n) is 3.02. The molecule has 4 nitrogen and oxygen atoms in total. The summed E-state index contributed by atoms with van der Waals surface area (Å²) >= 11 is 0. The Hall–Kier alpha value is -2.56. The lowest BCUT2D eigenvalue weighted by atomic mass is 9.98. The molecule has 4 heteroatoms. The average molecular weight is 361 g/mol. The van der Waals surface area contributed by atoms with Gasteiger partial charge in [-0.05, 0) is 33.2 Å². The Balaban J connectivity index is 1.99. The average Bonchev–Trinajstić information content (AvgIpc) is 2.72. The minimum Gasteiger partial charge on any atom is -0.396 e. The fraction of sp³-hybridized carbons (Fsp3) is 0.304. The van der Waals surface area contributed by atoms with Crippen LogP contribution in [0.25, 0.3) is 22.5 Å². The molecule has 3 aromatic rings. The normalized spacial score (nSPS) is 11.5. The summed E-state index contributed by atoms with van der Waals surface area (Å²) in [6.45, 7) is 5.29. The summed E-state index contributed by atoms with van der Waals surface area (Å²) in [6, 6.07) is 20.4. The Morgan fingerprint density at radius 2 is 1.44 bits per heavy atom. The second-order valence-corrected chi connectivity index (χ2v) is 7.17. The third kappa shape index (κ3) is 4.79. The van der Waals surface area contributed by atoms with Crippen molar-refractivity contribution in [3.05, 3.63) is 72.6 Å². The first-order valence-corrected chi connectivity index (χ1v) is 9.46. The van der Waals surface area contributed by atoms with Crippen LogP contribution in [-0.2, 0) is 5.54 Å². The number of aliphatic hydroxyl groups excluding tert-OH is 1. The Labute approximate surface area is 161 Å². The van der Waals surface area contributed by atoms with Crippen LogP contribution >= 0.6 is 0 Å². The number of aromatic nitrogens is 2. The molecule has 140 valence electrons. The molecule has 2 aromatic carbocycles. The van der Waals surface area contributed by atoms with Crippen molar-refractivity contribution in [2.24, 2.45) is 0 Å². The van der Waals surface area contributed by atoms with Gasteiger partial charge in [-0.15, -0.1) is 0 Å². The van der Waals surface area contributed by atoms with E-state index in [2.05, 4.69) is 43.4 Å². The summed E-state index contributed by atoms with van der Waals surface area (Å²) in [6.07, 6.45) is 3.60. The third-order valence-electron chi connectivity index (χ3n) is 4.66. The second kappa shape index (κ2) is 8.89. The van der Waals surface area contributed by atoms with Crippen LogP contribution < -0.4 is 5.32 Å². The summed E-state index contributed by atoms with van der Waals surface area (Å²) in [5, 5.41) is 12.5. The highest BCUT2D eigenvalue weighted by atomic mass is 16.2. The summed E-state index contributed by atoms with van der Waals surface area (Å²) in [7, 11) is 0. The number of nitrogens with one attached hydrogen (secondary N) is 1. The van der Waals surface area contributed by atoms with Gasteiger partial charge in [-0.25, -0.2) is 4.98 Å². The number of hydrogen-bond acceptors (Lipinski definition) is 4. The summed E-state index contributed by atoms with van der Waals surface area (Å²) < 4.78 is 0. The molecule has 0 aliphatic carbocycles. The molecule has 0 fully saturated rings. The molecule has 1 heterocycles. The Bertz CT molecular complexity index is 848. The van der Waals surface area contributed by atoms with Crippen molar-refractivity contribution in [1.29, 1.82) is 0 Å². The van der Waals surface area contributed by atoms with Crippen LogP contribution in [0.4, 0.5) is 0 Å². The summed E-state index contributed by atoms with van der Waals surface area (Å²) in [5.41, 5.74) is 4.50. The molecule has 0 unspecified atom stereocenters. The SMILES string of the molecule is CC(C)(NCCCCO)c1cnc(-c2ccccc2)c(-c2ccccc2)n1. The van der Waals surface area contributed by atoms with Gasteiger partial charge in [0.2, 0.25) is 0 Å². The lowest BCUT2D eigenvalue weighted by Crippen LogP contribution is -2.38. The third-order valence-corrected chi connectivity index (χ3v) is 4.66. The monoisotopic (exact) mass is 361 g/mol. The largest absolute Gasteiger partial charge is 0.396 e. The van der Waals surface area contributed by atoms with E-state index in [1.54, 1.807) is 0 Å². The molecule has 2 N–H and O–H groups in total. The molecule has 0 amide bonds. The van der Waals surface area contributed by atoms with Crippen molar-refractivity contribution in [2.45, 2.75) is 32.2 Å². The smallest absolute Gasteiger partial charge is 0.0969 e. The van der Waals surface area contributed by atoms with Crippen molar-refractivity contribution >= 4 is 0 Å². The Kier molecular flexibility index (Phi) is 6.32. The highest BCUT2D eigenvalue weighted by molar-refractivity contribution is 5.77. The molecule has 0 aliphatic rings. The minimum absolute atomic E-state index is 0.228. The van der Waals surface area contributed by atoms with Crippen LogP contribution in [0.5, 0.6) is 0 Å². The lowest BCUT2D eigenvalue weighted by Gasteiger charge is -2.26. The molecule has 0 radical (unpaired) electrons. The van der Waals surface area contributed by atoms with Gasteiger partial charge in [0.05, 0.1) is 28.8 Å². The quantitative estimate of drug-likeness (QED) is 0.584. The van der Waals surface area contributed by atoms with Gasteiger partial charge in [0.25, 0.3) is 0 Å². The van der Waals surface area contributed by atoms with E-state index >= 15 is 0 Å². The van der Waals surface area contributed by atoms with Crippen molar-refractivity contribution in [1.82, 2.24) is 15.3 Å². The number of aliphatic hydroxyl groups is 1. The van der Waals surface area contributed by atoms with E-state index in [4.69, 9.17) is 15.1 Å².